The van der Waals surface area contributed by atoms with Gasteiger partial charge in [-0.25, -0.2) is 0 Å². The maximum Gasteiger partial charge on any atom is 0.373 e. The number of ether oxygens (including phenoxy) is 1. The highest BCUT2D eigenvalue weighted by Gasteiger charge is 2.09. The summed E-state index contributed by atoms with van der Waals surface area (Å²) in [5, 5.41) is 0. The van der Waals surface area contributed by atoms with E-state index >= 15 is 0 Å². The molecule has 0 saturated carbocycles. The summed E-state index contributed by atoms with van der Waals surface area (Å²) in [4.78, 5) is 16.2. The third kappa shape index (κ3) is 9.04. The number of hydrogen-bond acceptors (Lipinski definition) is 3. The van der Waals surface area contributed by atoms with Gasteiger partial charge in [-0.05, 0) is 36.3 Å². The van der Waals surface area contributed by atoms with Crippen molar-refractivity contribution in [2.24, 2.45) is 5.41 Å². The van der Waals surface area contributed by atoms with Gasteiger partial charge >= 0.3 is 6.15 Å². The molecule has 0 aliphatic carbocycles. The lowest BCUT2D eigenvalue weighted by atomic mass is 9.91. The normalized spacial score (nSPS) is 10.1. The van der Waals surface area contributed by atoms with Crippen molar-refractivity contribution >= 4 is 6.15 Å². The largest absolute Gasteiger partial charge is 0.493 e. The molecule has 0 spiro atoms. The van der Waals surface area contributed by atoms with Crippen LogP contribution >= 0.6 is 0 Å². The van der Waals surface area contributed by atoms with E-state index in [2.05, 4.69) is 45.9 Å². The summed E-state index contributed by atoms with van der Waals surface area (Å²) in [6, 6.07) is 8.31. The molecular formula is C16H24O3. The first-order valence-electron chi connectivity index (χ1n) is 6.64. The Morgan fingerprint density at radius 2 is 1.74 bits per heavy atom. The number of aryl methyl sites for hydroxylation is 1. The minimum Gasteiger partial charge on any atom is -0.493 e. The lowest BCUT2D eigenvalue weighted by Crippen LogP contribution is -2.08. The number of rotatable bonds is 5. The topological polar surface area (TPSA) is 43.4 Å². The SMILES string of the molecule is CCc1ccccc1OCCCC(C)(C)C.O=C=O. The fraction of sp³-hybridized carbons (Fsp3) is 0.562. The van der Waals surface area contributed by atoms with Gasteiger partial charge in [-0.15, -0.1) is 0 Å². The van der Waals surface area contributed by atoms with Crippen LogP contribution in [-0.4, -0.2) is 12.8 Å². The Kier molecular flexibility index (Phi) is 8.56. The van der Waals surface area contributed by atoms with Crippen molar-refractivity contribution in [2.45, 2.75) is 47.0 Å². The molecular weight excluding hydrogens is 240 g/mol. The van der Waals surface area contributed by atoms with Crippen LogP contribution in [0.25, 0.3) is 0 Å². The molecule has 0 heterocycles. The molecule has 0 aliphatic heterocycles. The Hall–Kier alpha value is -1.60. The molecule has 0 N–H and O–H groups in total. The zero-order valence-corrected chi connectivity index (χ0v) is 12.4. The molecule has 0 bridgehead atoms. The van der Waals surface area contributed by atoms with Gasteiger partial charge in [-0.1, -0.05) is 45.9 Å². The van der Waals surface area contributed by atoms with Crippen molar-refractivity contribution in [3.05, 3.63) is 29.8 Å². The van der Waals surface area contributed by atoms with Crippen molar-refractivity contribution in [1.82, 2.24) is 0 Å². The third-order valence-corrected chi connectivity index (χ3v) is 2.68. The highest BCUT2D eigenvalue weighted by atomic mass is 16.5. The molecule has 1 aromatic rings. The van der Waals surface area contributed by atoms with Gasteiger partial charge in [0.05, 0.1) is 6.61 Å². The minimum atomic E-state index is 0.250. The van der Waals surface area contributed by atoms with Crippen LogP contribution in [0.3, 0.4) is 0 Å². The van der Waals surface area contributed by atoms with Gasteiger partial charge in [-0.2, -0.15) is 9.59 Å². The molecule has 0 atom stereocenters. The van der Waals surface area contributed by atoms with E-state index in [4.69, 9.17) is 14.3 Å². The number of benzene rings is 1. The molecule has 0 radical (unpaired) electrons. The fourth-order valence-electron chi connectivity index (χ4n) is 1.72. The van der Waals surface area contributed by atoms with Crippen LogP contribution in [0.4, 0.5) is 0 Å². The summed E-state index contributed by atoms with van der Waals surface area (Å²) in [6.07, 6.45) is 3.62. The van der Waals surface area contributed by atoms with Crippen molar-refractivity contribution < 1.29 is 14.3 Å². The zero-order valence-electron chi connectivity index (χ0n) is 12.4. The predicted molar refractivity (Wildman–Crippen MR) is 75.0 cm³/mol. The molecule has 0 unspecified atom stereocenters. The van der Waals surface area contributed by atoms with Crippen LogP contribution in [0.1, 0.15) is 46.1 Å². The average molecular weight is 264 g/mol. The highest BCUT2D eigenvalue weighted by molar-refractivity contribution is 5.33. The maximum absolute atomic E-state index is 8.12. The molecule has 0 fully saturated rings. The van der Waals surface area contributed by atoms with Crippen LogP contribution in [0.5, 0.6) is 5.75 Å². The number of carbonyl (C=O) groups excluding carboxylic acids is 2. The van der Waals surface area contributed by atoms with E-state index in [0.717, 1.165) is 25.2 Å². The summed E-state index contributed by atoms with van der Waals surface area (Å²) in [5.74, 6) is 1.05. The first kappa shape index (κ1) is 17.4. The van der Waals surface area contributed by atoms with E-state index in [0.29, 0.717) is 5.41 Å². The van der Waals surface area contributed by atoms with Gasteiger partial charge in [0.25, 0.3) is 0 Å². The molecule has 106 valence electrons. The first-order chi connectivity index (χ1) is 8.94. The molecule has 0 saturated heterocycles. The second-order valence-electron chi connectivity index (χ2n) is 5.56. The molecule has 1 rings (SSSR count). The van der Waals surface area contributed by atoms with Gasteiger partial charge in [0, 0.05) is 0 Å². The Morgan fingerprint density at radius 3 is 2.26 bits per heavy atom. The zero-order chi connectivity index (χ0) is 14.7. The average Bonchev–Trinajstić information content (AvgIpc) is 2.35. The Bertz CT molecular complexity index is 385. The molecule has 1 aromatic carbocycles. The molecule has 0 amide bonds. The standard InChI is InChI=1S/C15H24O.CO2/c1-5-13-9-6-7-10-14(13)16-12-8-11-15(2,3)4;2-1-3/h6-7,9-10H,5,8,11-12H2,1-4H3;. The predicted octanol–water partition coefficient (Wildman–Crippen LogP) is 3.87. The minimum absolute atomic E-state index is 0.250. The highest BCUT2D eigenvalue weighted by Crippen LogP contribution is 2.22. The lowest BCUT2D eigenvalue weighted by molar-refractivity contribution is -0.191. The summed E-state index contributed by atoms with van der Waals surface area (Å²) in [7, 11) is 0. The quantitative estimate of drug-likeness (QED) is 0.758. The van der Waals surface area contributed by atoms with Gasteiger partial charge in [0.1, 0.15) is 5.75 Å². The summed E-state index contributed by atoms with van der Waals surface area (Å²) in [6.45, 7) is 9.80. The summed E-state index contributed by atoms with van der Waals surface area (Å²) < 4.78 is 5.82. The van der Waals surface area contributed by atoms with Crippen LogP contribution < -0.4 is 4.74 Å². The number of para-hydroxylation sites is 1. The van der Waals surface area contributed by atoms with Gasteiger partial charge < -0.3 is 4.74 Å². The summed E-state index contributed by atoms with van der Waals surface area (Å²) in [5.41, 5.74) is 1.71. The van der Waals surface area contributed by atoms with E-state index < -0.39 is 0 Å². The van der Waals surface area contributed by atoms with E-state index in [9.17, 15) is 0 Å². The Labute approximate surface area is 116 Å². The second-order valence-corrected chi connectivity index (χ2v) is 5.56. The van der Waals surface area contributed by atoms with Crippen molar-refractivity contribution in [1.29, 1.82) is 0 Å². The van der Waals surface area contributed by atoms with E-state index in [1.54, 1.807) is 0 Å². The fourth-order valence-corrected chi connectivity index (χ4v) is 1.72. The third-order valence-electron chi connectivity index (χ3n) is 2.68. The Morgan fingerprint density at radius 1 is 1.16 bits per heavy atom. The van der Waals surface area contributed by atoms with Gasteiger partial charge in [0.15, 0.2) is 0 Å². The smallest absolute Gasteiger partial charge is 0.373 e. The Balaban J connectivity index is 0.000000982. The van der Waals surface area contributed by atoms with Gasteiger partial charge in [0.2, 0.25) is 0 Å². The molecule has 3 nitrogen and oxygen atoms in total. The molecule has 19 heavy (non-hydrogen) atoms. The van der Waals surface area contributed by atoms with Crippen molar-refractivity contribution in [2.75, 3.05) is 6.61 Å². The molecule has 0 aliphatic rings. The van der Waals surface area contributed by atoms with Crippen molar-refractivity contribution in [3.8, 4) is 5.75 Å². The van der Waals surface area contributed by atoms with Crippen LogP contribution in [0.2, 0.25) is 0 Å². The number of hydrogen-bond donors (Lipinski definition) is 0. The lowest BCUT2D eigenvalue weighted by Gasteiger charge is -2.18. The molecule has 0 aromatic heterocycles. The van der Waals surface area contributed by atoms with Crippen molar-refractivity contribution in [3.63, 3.8) is 0 Å². The van der Waals surface area contributed by atoms with Crippen LogP contribution in [0.15, 0.2) is 24.3 Å². The van der Waals surface area contributed by atoms with Gasteiger partial charge in [-0.3, -0.25) is 0 Å². The second kappa shape index (κ2) is 9.35. The molecule has 3 heteroatoms. The first-order valence-corrected chi connectivity index (χ1v) is 6.64. The van der Waals surface area contributed by atoms with E-state index in [1.807, 2.05) is 6.07 Å². The maximum atomic E-state index is 8.12. The van der Waals surface area contributed by atoms with Crippen LogP contribution in [-0.2, 0) is 16.0 Å². The van der Waals surface area contributed by atoms with E-state index in [1.165, 1.54) is 12.0 Å². The summed E-state index contributed by atoms with van der Waals surface area (Å²) >= 11 is 0. The monoisotopic (exact) mass is 264 g/mol. The van der Waals surface area contributed by atoms with E-state index in [-0.39, 0.29) is 6.15 Å². The van der Waals surface area contributed by atoms with Crippen LogP contribution in [0, 0.1) is 5.41 Å².